The van der Waals surface area contributed by atoms with Crippen LogP contribution in [0.2, 0.25) is 0 Å². The Kier molecular flexibility index (Phi) is 4.69. The van der Waals surface area contributed by atoms with E-state index in [9.17, 15) is 4.79 Å². The van der Waals surface area contributed by atoms with E-state index in [2.05, 4.69) is 44.9 Å². The number of benzene rings is 1. The summed E-state index contributed by atoms with van der Waals surface area (Å²) in [5, 5.41) is 4.48. The molecule has 1 aromatic heterocycles. The number of rotatable bonds is 3. The lowest BCUT2D eigenvalue weighted by molar-refractivity contribution is 0.0787. The zero-order chi connectivity index (χ0) is 18.2. The van der Waals surface area contributed by atoms with Gasteiger partial charge in [-0.3, -0.25) is 9.48 Å². The smallest absolute Gasteiger partial charge is 0.257 e. The Morgan fingerprint density at radius 2 is 1.92 bits per heavy atom. The summed E-state index contributed by atoms with van der Waals surface area (Å²) < 4.78 is 1.96. The molecule has 1 amide bonds. The monoisotopic (exact) mass is 340 g/mol. The minimum Gasteiger partial charge on any atom is -0.336 e. The average Bonchev–Trinajstić information content (AvgIpc) is 3.18. The molecule has 5 nitrogen and oxygen atoms in total. The van der Waals surface area contributed by atoms with Crippen molar-refractivity contribution in [3.05, 3.63) is 53.3 Å². The summed E-state index contributed by atoms with van der Waals surface area (Å²) in [6.07, 6.45) is 2.49. The van der Waals surface area contributed by atoms with E-state index in [1.165, 1.54) is 5.56 Å². The maximum absolute atomic E-state index is 13.1. The third-order valence-corrected chi connectivity index (χ3v) is 4.95. The number of hydrogen-bond donors (Lipinski definition) is 1. The summed E-state index contributed by atoms with van der Waals surface area (Å²) in [4.78, 5) is 15.0. The van der Waals surface area contributed by atoms with Crippen LogP contribution >= 0.6 is 0 Å². The number of nitrogens with two attached hydrogens (primary N) is 1. The van der Waals surface area contributed by atoms with Crippen molar-refractivity contribution in [3.8, 4) is 0 Å². The second kappa shape index (κ2) is 6.64. The highest BCUT2D eigenvalue weighted by Gasteiger charge is 2.35. The first-order valence-corrected chi connectivity index (χ1v) is 9.00. The maximum atomic E-state index is 13.1. The molecule has 1 aliphatic rings. The molecule has 134 valence electrons. The van der Waals surface area contributed by atoms with Crippen molar-refractivity contribution in [2.45, 2.75) is 51.6 Å². The summed E-state index contributed by atoms with van der Waals surface area (Å²) in [5.74, 6) is 0.231. The van der Waals surface area contributed by atoms with E-state index >= 15 is 0 Å². The Bertz CT molecular complexity index is 745. The largest absolute Gasteiger partial charge is 0.336 e. The van der Waals surface area contributed by atoms with Crippen LogP contribution in [0.3, 0.4) is 0 Å². The minimum absolute atomic E-state index is 0.0333. The Morgan fingerprint density at radius 1 is 1.24 bits per heavy atom. The number of amides is 1. The zero-order valence-electron chi connectivity index (χ0n) is 15.6. The van der Waals surface area contributed by atoms with Crippen LogP contribution in [-0.4, -0.2) is 39.7 Å². The van der Waals surface area contributed by atoms with Gasteiger partial charge in [0.15, 0.2) is 0 Å². The molecule has 0 radical (unpaired) electrons. The molecule has 2 aromatic rings. The Balaban J connectivity index is 1.84. The molecule has 0 spiro atoms. The SMILES string of the molecule is CCc1c(C(=O)N2C[C@@H](N)[C@H](c3ccccc3)C2)cnn1C(C)(C)C. The van der Waals surface area contributed by atoms with Crippen LogP contribution in [0.4, 0.5) is 0 Å². The molecule has 1 aliphatic heterocycles. The predicted octanol–water partition coefficient (Wildman–Crippen LogP) is 2.77. The van der Waals surface area contributed by atoms with E-state index in [0.717, 1.165) is 12.1 Å². The van der Waals surface area contributed by atoms with E-state index in [0.29, 0.717) is 18.7 Å². The lowest BCUT2D eigenvalue weighted by Crippen LogP contribution is -2.33. The highest BCUT2D eigenvalue weighted by atomic mass is 16.2. The summed E-state index contributed by atoms with van der Waals surface area (Å²) in [5.41, 5.74) is 9.11. The molecule has 0 bridgehead atoms. The van der Waals surface area contributed by atoms with Crippen LogP contribution in [0.1, 0.15) is 55.2 Å². The van der Waals surface area contributed by atoms with Crippen LogP contribution in [0, 0.1) is 0 Å². The third-order valence-electron chi connectivity index (χ3n) is 4.95. The maximum Gasteiger partial charge on any atom is 0.257 e. The first-order chi connectivity index (χ1) is 11.8. The van der Waals surface area contributed by atoms with Gasteiger partial charge >= 0.3 is 0 Å². The van der Waals surface area contributed by atoms with Crippen molar-refractivity contribution in [1.82, 2.24) is 14.7 Å². The molecule has 2 heterocycles. The lowest BCUT2D eigenvalue weighted by Gasteiger charge is -2.23. The molecule has 3 rings (SSSR count). The number of hydrogen-bond acceptors (Lipinski definition) is 3. The standard InChI is InChI=1S/C20H28N4O/c1-5-18-15(11-22-24(18)20(2,3)4)19(25)23-12-16(17(21)13-23)14-9-7-6-8-10-14/h6-11,16-17H,5,12-13,21H2,1-4H3/t16-,17+/m0/s1. The van der Waals surface area contributed by atoms with Gasteiger partial charge < -0.3 is 10.6 Å². The summed E-state index contributed by atoms with van der Waals surface area (Å²) >= 11 is 0. The summed E-state index contributed by atoms with van der Waals surface area (Å²) in [6.45, 7) is 9.62. The summed E-state index contributed by atoms with van der Waals surface area (Å²) in [7, 11) is 0. The summed E-state index contributed by atoms with van der Waals surface area (Å²) in [6, 6.07) is 10.2. The molecule has 1 aromatic carbocycles. The van der Waals surface area contributed by atoms with Crippen LogP contribution in [0.25, 0.3) is 0 Å². The minimum atomic E-state index is -0.141. The molecule has 1 saturated heterocycles. The number of nitrogens with zero attached hydrogens (tertiary/aromatic N) is 3. The topological polar surface area (TPSA) is 64.2 Å². The van der Waals surface area contributed by atoms with Gasteiger partial charge in [0, 0.05) is 25.0 Å². The van der Waals surface area contributed by atoms with Crippen molar-refractivity contribution >= 4 is 5.91 Å². The van der Waals surface area contributed by atoms with Gasteiger partial charge in [0.05, 0.1) is 23.0 Å². The first-order valence-electron chi connectivity index (χ1n) is 9.00. The quantitative estimate of drug-likeness (QED) is 0.934. The Morgan fingerprint density at radius 3 is 2.52 bits per heavy atom. The number of aromatic nitrogens is 2. The molecular formula is C20H28N4O. The lowest BCUT2D eigenvalue weighted by atomic mass is 9.95. The first kappa shape index (κ1) is 17.7. The highest BCUT2D eigenvalue weighted by molar-refractivity contribution is 5.95. The van der Waals surface area contributed by atoms with Gasteiger partial charge in [-0.05, 0) is 32.8 Å². The molecule has 0 aliphatic carbocycles. The fourth-order valence-corrected chi connectivity index (χ4v) is 3.69. The van der Waals surface area contributed by atoms with Gasteiger partial charge in [-0.25, -0.2) is 0 Å². The molecule has 5 heteroatoms. The van der Waals surface area contributed by atoms with Crippen molar-refractivity contribution in [3.63, 3.8) is 0 Å². The van der Waals surface area contributed by atoms with E-state index in [-0.39, 0.29) is 23.4 Å². The molecule has 2 atom stereocenters. The van der Waals surface area contributed by atoms with Gasteiger partial charge in [0.1, 0.15) is 0 Å². The van der Waals surface area contributed by atoms with E-state index in [4.69, 9.17) is 5.73 Å². The molecule has 1 fully saturated rings. The fraction of sp³-hybridized carbons (Fsp3) is 0.500. The fourth-order valence-electron chi connectivity index (χ4n) is 3.69. The Hall–Kier alpha value is -2.14. The predicted molar refractivity (Wildman–Crippen MR) is 99.7 cm³/mol. The van der Waals surface area contributed by atoms with Crippen LogP contribution < -0.4 is 5.73 Å². The normalized spacial score (nSPS) is 20.9. The molecule has 25 heavy (non-hydrogen) atoms. The van der Waals surface area contributed by atoms with E-state index in [1.54, 1.807) is 6.20 Å². The number of carbonyl (C=O) groups is 1. The molecule has 2 N–H and O–H groups in total. The molecule has 0 saturated carbocycles. The molecular weight excluding hydrogens is 312 g/mol. The zero-order valence-corrected chi connectivity index (χ0v) is 15.6. The average molecular weight is 340 g/mol. The van der Waals surface area contributed by atoms with Gasteiger partial charge in [-0.1, -0.05) is 37.3 Å². The molecule has 0 unspecified atom stereocenters. The van der Waals surface area contributed by atoms with Crippen LogP contribution in [0.15, 0.2) is 36.5 Å². The van der Waals surface area contributed by atoms with Crippen molar-refractivity contribution in [2.24, 2.45) is 5.73 Å². The Labute approximate surface area is 149 Å². The highest BCUT2D eigenvalue weighted by Crippen LogP contribution is 2.28. The third kappa shape index (κ3) is 3.33. The number of carbonyl (C=O) groups excluding carboxylic acids is 1. The van der Waals surface area contributed by atoms with Gasteiger partial charge in [-0.2, -0.15) is 5.10 Å². The van der Waals surface area contributed by atoms with Gasteiger partial charge in [0.25, 0.3) is 5.91 Å². The second-order valence-corrected chi connectivity index (χ2v) is 7.83. The van der Waals surface area contributed by atoms with Gasteiger partial charge in [-0.15, -0.1) is 0 Å². The van der Waals surface area contributed by atoms with E-state index < -0.39 is 0 Å². The van der Waals surface area contributed by atoms with Crippen LogP contribution in [0.5, 0.6) is 0 Å². The van der Waals surface area contributed by atoms with Crippen molar-refractivity contribution in [2.75, 3.05) is 13.1 Å². The van der Waals surface area contributed by atoms with Crippen molar-refractivity contribution in [1.29, 1.82) is 0 Å². The van der Waals surface area contributed by atoms with Gasteiger partial charge in [0.2, 0.25) is 0 Å². The second-order valence-electron chi connectivity index (χ2n) is 7.83. The van der Waals surface area contributed by atoms with Crippen LogP contribution in [-0.2, 0) is 12.0 Å². The van der Waals surface area contributed by atoms with Crippen molar-refractivity contribution < 1.29 is 4.79 Å². The number of likely N-dealkylation sites (tertiary alicyclic amines) is 1. The van der Waals surface area contributed by atoms with E-state index in [1.807, 2.05) is 27.8 Å².